The van der Waals surface area contributed by atoms with E-state index in [1.165, 1.54) is 12.1 Å². The van der Waals surface area contributed by atoms with Gasteiger partial charge >= 0.3 is 6.18 Å². The molecule has 0 spiro atoms. The van der Waals surface area contributed by atoms with E-state index in [2.05, 4.69) is 24.4 Å². The van der Waals surface area contributed by atoms with Crippen LogP contribution in [0.15, 0.2) is 95.1 Å². The van der Waals surface area contributed by atoms with Crippen LogP contribution in [0.4, 0.5) is 13.2 Å². The normalized spacial score (nSPS) is 17.9. The Balaban J connectivity index is 1.07. The highest BCUT2D eigenvalue weighted by atomic mass is 19.4. The molecule has 238 valence electrons. The van der Waals surface area contributed by atoms with E-state index < -0.39 is 11.7 Å². The first-order valence-corrected chi connectivity index (χ1v) is 15.6. The molecule has 2 amide bonds. The number of alkyl halides is 3. The van der Waals surface area contributed by atoms with Crippen molar-refractivity contribution in [2.24, 2.45) is 16.8 Å². The fraction of sp³-hybridized carbons (Fsp3) is 0.324. The number of amides is 2. The van der Waals surface area contributed by atoms with E-state index in [4.69, 9.17) is 9.73 Å². The molecule has 1 N–H and O–H groups in total. The van der Waals surface area contributed by atoms with Gasteiger partial charge in [-0.05, 0) is 91.1 Å². The summed E-state index contributed by atoms with van der Waals surface area (Å²) in [6.45, 7) is 4.31. The molecule has 0 radical (unpaired) electrons. The van der Waals surface area contributed by atoms with Crippen molar-refractivity contribution >= 4 is 17.4 Å². The summed E-state index contributed by atoms with van der Waals surface area (Å²) in [5.74, 6) is 0.520. The Morgan fingerprint density at radius 2 is 1.63 bits per heavy atom. The van der Waals surface area contributed by atoms with Gasteiger partial charge in [0.2, 0.25) is 0 Å². The number of hydrogen-bond donors (Lipinski definition) is 1. The third-order valence-corrected chi connectivity index (χ3v) is 9.04. The Kier molecular flexibility index (Phi) is 8.95. The van der Waals surface area contributed by atoms with Gasteiger partial charge in [-0.3, -0.25) is 9.59 Å². The van der Waals surface area contributed by atoms with E-state index in [-0.39, 0.29) is 17.7 Å². The zero-order chi connectivity index (χ0) is 32.4. The Morgan fingerprint density at radius 3 is 2.28 bits per heavy atom. The van der Waals surface area contributed by atoms with Gasteiger partial charge in [0.15, 0.2) is 0 Å². The molecular formula is C37H36F3N3O3. The molecule has 1 unspecified atom stereocenters. The molecule has 6 nitrogen and oxygen atoms in total. The van der Waals surface area contributed by atoms with Crippen molar-refractivity contribution in [3.63, 3.8) is 0 Å². The number of nitrogens with one attached hydrogen (secondary N) is 1. The molecule has 46 heavy (non-hydrogen) atoms. The van der Waals surface area contributed by atoms with Crippen LogP contribution in [0.5, 0.6) is 0 Å². The van der Waals surface area contributed by atoms with E-state index in [1.54, 1.807) is 31.4 Å². The van der Waals surface area contributed by atoms with Crippen LogP contribution in [0, 0.1) is 11.8 Å². The molecule has 1 aliphatic carbocycles. The highest BCUT2D eigenvalue weighted by molar-refractivity contribution is 5.97. The van der Waals surface area contributed by atoms with Gasteiger partial charge in [0.05, 0.1) is 23.2 Å². The highest BCUT2D eigenvalue weighted by Crippen LogP contribution is 2.36. The van der Waals surface area contributed by atoms with Crippen molar-refractivity contribution in [3.8, 4) is 11.1 Å². The predicted octanol–water partition coefficient (Wildman–Crippen LogP) is 5.94. The maximum atomic E-state index is 13.3. The molecule has 0 saturated carbocycles. The van der Waals surface area contributed by atoms with E-state index in [9.17, 15) is 22.8 Å². The third-order valence-electron chi connectivity index (χ3n) is 9.04. The van der Waals surface area contributed by atoms with Crippen LogP contribution in [0.1, 0.15) is 52.5 Å². The van der Waals surface area contributed by atoms with Crippen molar-refractivity contribution in [1.29, 1.82) is 0 Å². The van der Waals surface area contributed by atoms with Gasteiger partial charge in [-0.15, -0.1) is 0 Å². The van der Waals surface area contributed by atoms with Crippen LogP contribution in [-0.2, 0) is 10.9 Å². The molecule has 1 fully saturated rings. The number of carbonyl (C=O) groups excluding carboxylic acids is 2. The number of likely N-dealkylation sites (tertiary alicyclic amines) is 1. The van der Waals surface area contributed by atoms with Crippen molar-refractivity contribution in [2.75, 3.05) is 33.4 Å². The maximum Gasteiger partial charge on any atom is 0.416 e. The lowest BCUT2D eigenvalue weighted by atomic mass is 9.82. The summed E-state index contributed by atoms with van der Waals surface area (Å²) in [4.78, 5) is 33.0. The molecule has 1 atom stereocenters. The number of piperidine rings is 1. The summed E-state index contributed by atoms with van der Waals surface area (Å²) in [5, 5.41) is 4.62. The Labute approximate surface area is 266 Å². The third kappa shape index (κ3) is 6.56. The molecular weight excluding hydrogens is 591 g/mol. The van der Waals surface area contributed by atoms with Gasteiger partial charge in [-0.1, -0.05) is 42.5 Å². The second-order valence-corrected chi connectivity index (χ2v) is 12.1. The van der Waals surface area contributed by atoms with Crippen LogP contribution in [0.25, 0.3) is 16.7 Å². The number of fused-ring (bicyclic) bond motifs is 2. The maximum absolute atomic E-state index is 13.3. The number of nitrogens with zero attached hydrogens (tertiary/aromatic N) is 2. The van der Waals surface area contributed by atoms with Crippen molar-refractivity contribution in [2.45, 2.75) is 32.4 Å². The molecule has 2 heterocycles. The number of benzene rings is 3. The van der Waals surface area contributed by atoms with Gasteiger partial charge in [0.1, 0.15) is 0 Å². The molecule has 3 aromatic carbocycles. The summed E-state index contributed by atoms with van der Waals surface area (Å²) in [6.07, 6.45) is 2.89. The van der Waals surface area contributed by atoms with Gasteiger partial charge < -0.3 is 15.0 Å². The van der Waals surface area contributed by atoms with Gasteiger partial charge in [-0.2, -0.15) is 13.2 Å². The molecule has 6 rings (SSSR count). The average molecular weight is 628 g/mol. The summed E-state index contributed by atoms with van der Waals surface area (Å²) in [6, 6.07) is 17.7. The molecule has 0 aromatic heterocycles. The number of methoxy groups -OCH3 is 1. The highest BCUT2D eigenvalue weighted by Gasteiger charge is 2.30. The average Bonchev–Trinajstić information content (AvgIpc) is 3.44. The molecule has 0 bridgehead atoms. The Hall–Kier alpha value is -4.50. The molecule has 2 aliphatic heterocycles. The summed E-state index contributed by atoms with van der Waals surface area (Å²) >= 11 is 0. The summed E-state index contributed by atoms with van der Waals surface area (Å²) < 4.78 is 43.8. The number of hydrogen-bond acceptors (Lipinski definition) is 4. The molecule has 3 aromatic rings. The van der Waals surface area contributed by atoms with Crippen LogP contribution < -0.4 is 15.9 Å². The number of ether oxygens (including phenoxy) is 1. The first kappa shape index (κ1) is 31.5. The first-order valence-electron chi connectivity index (χ1n) is 15.6. The topological polar surface area (TPSA) is 71.0 Å². The van der Waals surface area contributed by atoms with E-state index in [0.717, 1.165) is 64.4 Å². The van der Waals surface area contributed by atoms with Crippen LogP contribution in [0.2, 0.25) is 0 Å². The SMILES string of the molecule is COCCNC(=O)c1cccc2c1=C1C(C)=CC(CC3CCN(C(=O)c4ccc(-c5ccc(C(F)(F)F)cc5)cc4)CC3)C=C1N=2. The zero-order valence-corrected chi connectivity index (χ0v) is 25.9. The van der Waals surface area contributed by atoms with Crippen molar-refractivity contribution in [1.82, 2.24) is 10.2 Å². The van der Waals surface area contributed by atoms with E-state index in [0.29, 0.717) is 48.8 Å². The van der Waals surface area contributed by atoms with Gasteiger partial charge in [-0.25, -0.2) is 4.99 Å². The second-order valence-electron chi connectivity index (χ2n) is 12.1. The van der Waals surface area contributed by atoms with Gasteiger partial charge in [0, 0.05) is 48.7 Å². The number of allylic oxidation sites excluding steroid dienone is 3. The fourth-order valence-corrected chi connectivity index (χ4v) is 6.67. The van der Waals surface area contributed by atoms with Crippen LogP contribution >= 0.6 is 0 Å². The predicted molar refractivity (Wildman–Crippen MR) is 170 cm³/mol. The molecule has 9 heteroatoms. The summed E-state index contributed by atoms with van der Waals surface area (Å²) in [5.41, 5.74) is 4.99. The minimum Gasteiger partial charge on any atom is -0.383 e. The Morgan fingerprint density at radius 1 is 0.957 bits per heavy atom. The van der Waals surface area contributed by atoms with Gasteiger partial charge in [0.25, 0.3) is 11.8 Å². The minimum absolute atomic E-state index is 0.0308. The lowest BCUT2D eigenvalue weighted by Gasteiger charge is -2.33. The quantitative estimate of drug-likeness (QED) is 0.315. The van der Waals surface area contributed by atoms with Crippen LogP contribution in [0.3, 0.4) is 0 Å². The van der Waals surface area contributed by atoms with E-state index >= 15 is 0 Å². The molecule has 1 saturated heterocycles. The fourth-order valence-electron chi connectivity index (χ4n) is 6.67. The number of halogens is 3. The summed E-state index contributed by atoms with van der Waals surface area (Å²) in [7, 11) is 1.60. The number of rotatable bonds is 8. The van der Waals surface area contributed by atoms with Crippen molar-refractivity contribution in [3.05, 3.63) is 117 Å². The lowest BCUT2D eigenvalue weighted by molar-refractivity contribution is -0.137. The zero-order valence-electron chi connectivity index (χ0n) is 25.9. The molecule has 3 aliphatic rings. The minimum atomic E-state index is -4.37. The van der Waals surface area contributed by atoms with Crippen LogP contribution in [-0.4, -0.2) is 50.1 Å². The van der Waals surface area contributed by atoms with Crippen molar-refractivity contribution < 1.29 is 27.5 Å². The largest absolute Gasteiger partial charge is 0.416 e. The second kappa shape index (κ2) is 13.1. The van der Waals surface area contributed by atoms with E-state index in [1.807, 2.05) is 23.1 Å². The standard InChI is InChI=1S/C37H36F3N3O3/c1-23-20-25(22-32-33(23)34-30(4-3-5-31(34)42-32)35(44)41-16-19-46-2)21-24-14-17-43(18-15-24)36(45)28-8-6-26(7-9-28)27-10-12-29(13-11-27)37(38,39)40/h3-13,20,22,24-25H,14-19,21H2,1-2H3,(H,41,44). The monoisotopic (exact) mass is 627 g/mol. The first-order chi connectivity index (χ1) is 22.1. The Bertz CT molecular complexity index is 1820. The number of carbonyl (C=O) groups is 2. The smallest absolute Gasteiger partial charge is 0.383 e. The lowest BCUT2D eigenvalue weighted by Crippen LogP contribution is -2.38.